The van der Waals surface area contributed by atoms with E-state index in [0.717, 1.165) is 31.7 Å². The van der Waals surface area contributed by atoms with Crippen molar-refractivity contribution in [1.82, 2.24) is 4.57 Å². The highest BCUT2D eigenvalue weighted by Crippen LogP contribution is 2.44. The predicted molar refractivity (Wildman–Crippen MR) is 113 cm³/mol. The zero-order chi connectivity index (χ0) is 21.6. The third kappa shape index (κ3) is 3.56. The number of carboxylic acids is 1. The number of benzene rings is 1. The van der Waals surface area contributed by atoms with Gasteiger partial charge in [-0.15, -0.1) is 0 Å². The summed E-state index contributed by atoms with van der Waals surface area (Å²) in [6.07, 6.45) is 6.72. The van der Waals surface area contributed by atoms with Gasteiger partial charge in [0.2, 0.25) is 5.43 Å². The first kappa shape index (κ1) is 20.4. The van der Waals surface area contributed by atoms with Gasteiger partial charge in [0.15, 0.2) is 11.6 Å². The number of carboxylic acid groups (broad SMARTS) is 1. The number of aromatic nitrogens is 1. The van der Waals surface area contributed by atoms with Crippen LogP contribution < -0.4 is 20.8 Å². The van der Waals surface area contributed by atoms with E-state index in [1.807, 2.05) is 17.9 Å². The molecule has 0 bridgehead atoms. The molecule has 1 aliphatic heterocycles. The summed E-state index contributed by atoms with van der Waals surface area (Å²) in [7, 11) is 1.45. The summed E-state index contributed by atoms with van der Waals surface area (Å²) in [5.41, 5.74) is 6.84. The molecule has 2 fully saturated rings. The maximum absolute atomic E-state index is 15.3. The van der Waals surface area contributed by atoms with Crippen molar-refractivity contribution >= 4 is 22.6 Å². The number of piperidine rings is 1. The molecule has 8 heteroatoms. The summed E-state index contributed by atoms with van der Waals surface area (Å²) >= 11 is 0. The minimum Gasteiger partial charge on any atom is -0.492 e. The van der Waals surface area contributed by atoms with Crippen LogP contribution >= 0.6 is 0 Å². The Hall–Kier alpha value is -2.87. The summed E-state index contributed by atoms with van der Waals surface area (Å²) in [6.45, 7) is 3.14. The van der Waals surface area contributed by atoms with Crippen molar-refractivity contribution < 1.29 is 19.0 Å². The first-order valence-corrected chi connectivity index (χ1v) is 10.2. The highest BCUT2D eigenvalue weighted by molar-refractivity contribution is 5.97. The lowest BCUT2D eigenvalue weighted by molar-refractivity contribution is 0.0695. The Kier molecular flexibility index (Phi) is 5.27. The van der Waals surface area contributed by atoms with Crippen LogP contribution in [-0.2, 0) is 0 Å². The molecule has 0 amide bonds. The molecule has 1 unspecified atom stereocenters. The second kappa shape index (κ2) is 7.75. The van der Waals surface area contributed by atoms with Crippen LogP contribution in [0, 0.1) is 5.82 Å². The van der Waals surface area contributed by atoms with Crippen molar-refractivity contribution in [1.29, 1.82) is 0 Å². The number of nitrogens with zero attached hydrogens (tertiary/aromatic N) is 2. The van der Waals surface area contributed by atoms with Crippen molar-refractivity contribution in [2.24, 2.45) is 5.73 Å². The number of rotatable bonds is 5. The topological polar surface area (TPSA) is 97.8 Å². The van der Waals surface area contributed by atoms with Crippen LogP contribution in [0.5, 0.6) is 5.75 Å². The molecule has 0 spiro atoms. The molecule has 1 atom stereocenters. The zero-order valence-corrected chi connectivity index (χ0v) is 17.2. The number of halogens is 1. The number of anilines is 1. The maximum atomic E-state index is 15.3. The van der Waals surface area contributed by atoms with Crippen LogP contribution in [-0.4, -0.2) is 41.9 Å². The smallest absolute Gasteiger partial charge is 0.341 e. The van der Waals surface area contributed by atoms with Gasteiger partial charge in [-0.2, -0.15) is 0 Å². The Balaban J connectivity index is 1.87. The number of pyridine rings is 1. The second-order valence-corrected chi connectivity index (χ2v) is 8.12. The molecule has 160 valence electrons. The van der Waals surface area contributed by atoms with Gasteiger partial charge in [0.1, 0.15) is 11.3 Å². The minimum atomic E-state index is -1.32. The molecule has 2 heterocycles. The molecule has 1 aliphatic carbocycles. The van der Waals surface area contributed by atoms with E-state index >= 15 is 4.39 Å². The van der Waals surface area contributed by atoms with Crippen molar-refractivity contribution in [3.8, 4) is 5.75 Å². The van der Waals surface area contributed by atoms with Gasteiger partial charge in [0, 0.05) is 31.4 Å². The van der Waals surface area contributed by atoms with E-state index in [0.29, 0.717) is 24.3 Å². The molecule has 2 aromatic rings. The zero-order valence-electron chi connectivity index (χ0n) is 17.2. The van der Waals surface area contributed by atoms with E-state index in [9.17, 15) is 14.7 Å². The number of nitrogens with two attached hydrogens (primary N) is 1. The second-order valence-electron chi connectivity index (χ2n) is 8.12. The van der Waals surface area contributed by atoms with Crippen molar-refractivity contribution in [2.45, 2.75) is 44.7 Å². The van der Waals surface area contributed by atoms with Gasteiger partial charge < -0.3 is 25.0 Å². The van der Waals surface area contributed by atoms with Crippen molar-refractivity contribution in [3.63, 3.8) is 0 Å². The molecular weight excluding hydrogens is 389 g/mol. The molecule has 1 aromatic heterocycles. The van der Waals surface area contributed by atoms with Gasteiger partial charge in [-0.05, 0) is 38.7 Å². The molecule has 0 radical (unpaired) electrons. The lowest BCUT2D eigenvalue weighted by Crippen LogP contribution is -2.32. The standard InChI is InChI=1S/C22H26FN3O4/c1-12(24)9-13-5-7-25(8-6-13)19-17(23)10-15-18(21(19)30-2)26(14-3-4-14)11-16(20(15)27)22(28)29/h9-12,14H,3-8,24H2,1-2H3,(H,28,29). The molecule has 1 saturated carbocycles. The quantitative estimate of drug-likeness (QED) is 0.729. The number of ether oxygens (including phenoxy) is 1. The fraction of sp³-hybridized carbons (Fsp3) is 0.455. The first-order valence-electron chi connectivity index (χ1n) is 10.2. The van der Waals surface area contributed by atoms with Crippen LogP contribution in [0.2, 0.25) is 0 Å². The summed E-state index contributed by atoms with van der Waals surface area (Å²) in [5, 5.41) is 9.47. The highest BCUT2D eigenvalue weighted by atomic mass is 19.1. The average Bonchev–Trinajstić information content (AvgIpc) is 3.53. The molecule has 1 aromatic carbocycles. The van der Waals surface area contributed by atoms with E-state index in [1.54, 1.807) is 4.57 Å². The summed E-state index contributed by atoms with van der Waals surface area (Å²) < 4.78 is 22.7. The van der Waals surface area contributed by atoms with E-state index in [2.05, 4.69) is 0 Å². The van der Waals surface area contributed by atoms with E-state index in [1.165, 1.54) is 18.9 Å². The fourth-order valence-electron chi connectivity index (χ4n) is 4.28. The minimum absolute atomic E-state index is 0.0186. The van der Waals surface area contributed by atoms with Gasteiger partial charge in [0.25, 0.3) is 0 Å². The van der Waals surface area contributed by atoms with Gasteiger partial charge in [-0.1, -0.05) is 11.6 Å². The Morgan fingerprint density at radius 1 is 1.37 bits per heavy atom. The normalized spacial score (nSPS) is 17.9. The van der Waals surface area contributed by atoms with Crippen LogP contribution in [0.1, 0.15) is 49.0 Å². The number of fused-ring (bicyclic) bond motifs is 1. The lowest BCUT2D eigenvalue weighted by atomic mass is 10.0. The number of hydrogen-bond donors (Lipinski definition) is 2. The largest absolute Gasteiger partial charge is 0.492 e. The van der Waals surface area contributed by atoms with E-state index < -0.39 is 17.2 Å². The van der Waals surface area contributed by atoms with Crippen LogP contribution in [0.25, 0.3) is 10.9 Å². The van der Waals surface area contributed by atoms with Crippen molar-refractivity contribution in [3.05, 3.63) is 45.5 Å². The van der Waals surface area contributed by atoms with Gasteiger partial charge in [-0.3, -0.25) is 4.79 Å². The van der Waals surface area contributed by atoms with Crippen LogP contribution in [0.3, 0.4) is 0 Å². The monoisotopic (exact) mass is 415 g/mol. The fourth-order valence-corrected chi connectivity index (χ4v) is 4.28. The molecule has 30 heavy (non-hydrogen) atoms. The summed E-state index contributed by atoms with van der Waals surface area (Å²) in [6, 6.07) is 1.23. The lowest BCUT2D eigenvalue weighted by Gasteiger charge is -2.32. The maximum Gasteiger partial charge on any atom is 0.341 e. The Morgan fingerprint density at radius 3 is 2.57 bits per heavy atom. The third-order valence-corrected chi connectivity index (χ3v) is 5.79. The highest BCUT2D eigenvalue weighted by Gasteiger charge is 2.31. The molecular formula is C22H26FN3O4. The van der Waals surface area contributed by atoms with Crippen LogP contribution in [0.15, 0.2) is 28.7 Å². The molecule has 2 aliphatic rings. The summed E-state index contributed by atoms with van der Waals surface area (Å²) in [4.78, 5) is 26.3. The number of hydrogen-bond acceptors (Lipinski definition) is 5. The summed E-state index contributed by atoms with van der Waals surface area (Å²) in [5.74, 6) is -1.62. The van der Waals surface area contributed by atoms with Crippen molar-refractivity contribution in [2.75, 3.05) is 25.1 Å². The average molecular weight is 415 g/mol. The molecule has 3 N–H and O–H groups in total. The third-order valence-electron chi connectivity index (χ3n) is 5.79. The van der Waals surface area contributed by atoms with Gasteiger partial charge in [-0.25, -0.2) is 9.18 Å². The van der Waals surface area contributed by atoms with Crippen LogP contribution in [0.4, 0.5) is 10.1 Å². The number of aromatic carboxylic acids is 1. The Bertz CT molecular complexity index is 1090. The Morgan fingerprint density at radius 2 is 2.03 bits per heavy atom. The molecule has 7 nitrogen and oxygen atoms in total. The number of carbonyl (C=O) groups is 1. The number of methoxy groups -OCH3 is 1. The van der Waals surface area contributed by atoms with E-state index in [4.69, 9.17) is 10.5 Å². The SMILES string of the molecule is COc1c(N2CCC(=CC(C)N)CC2)c(F)cc2c(=O)c(C(=O)O)cn(C3CC3)c12. The van der Waals surface area contributed by atoms with Gasteiger partial charge in [0.05, 0.1) is 18.0 Å². The molecule has 4 rings (SSSR count). The first-order chi connectivity index (χ1) is 14.3. The van der Waals surface area contributed by atoms with E-state index in [-0.39, 0.29) is 28.8 Å². The van der Waals surface area contributed by atoms with Gasteiger partial charge >= 0.3 is 5.97 Å². The molecule has 1 saturated heterocycles. The predicted octanol–water partition coefficient (Wildman–Crippen LogP) is 3.06. The Labute approximate surface area is 173 Å².